The van der Waals surface area contributed by atoms with E-state index in [1.165, 1.54) is 32.1 Å². The van der Waals surface area contributed by atoms with Gasteiger partial charge >= 0.3 is 0 Å². The third-order valence-corrected chi connectivity index (χ3v) is 5.16. The average molecular weight is 389 g/mol. The number of rotatable bonds is 4. The van der Waals surface area contributed by atoms with E-state index < -0.39 is 0 Å². The molecule has 2 N–H and O–H groups in total. The first-order valence-corrected chi connectivity index (χ1v) is 8.48. The van der Waals surface area contributed by atoms with E-state index >= 15 is 0 Å². The Morgan fingerprint density at radius 1 is 1.20 bits per heavy atom. The summed E-state index contributed by atoms with van der Waals surface area (Å²) in [6.45, 7) is 4.27. The van der Waals surface area contributed by atoms with Crippen molar-refractivity contribution in [3.05, 3.63) is 15.1 Å². The first-order chi connectivity index (χ1) is 9.54. The minimum atomic E-state index is -0.0212. The van der Waals surface area contributed by atoms with Crippen LogP contribution >= 0.6 is 22.6 Å². The molecule has 1 aliphatic carbocycles. The maximum absolute atomic E-state index is 6.07. The van der Waals surface area contributed by atoms with Crippen molar-refractivity contribution in [1.29, 1.82) is 0 Å². The smallest absolute Gasteiger partial charge is 0.160 e. The van der Waals surface area contributed by atoms with E-state index in [9.17, 15) is 0 Å². The molecule has 1 saturated carbocycles. The number of aromatic nitrogens is 2. The molecule has 0 spiro atoms. The maximum atomic E-state index is 6.07. The Hall–Kier alpha value is -0.430. The van der Waals surface area contributed by atoms with Crippen LogP contribution in [-0.4, -0.2) is 17.1 Å². The van der Waals surface area contributed by atoms with Crippen LogP contribution in [0.4, 0.5) is 5.82 Å². The highest BCUT2D eigenvalue weighted by molar-refractivity contribution is 14.1. The van der Waals surface area contributed by atoms with Gasteiger partial charge in [0.1, 0.15) is 11.9 Å². The van der Waals surface area contributed by atoms with Crippen molar-refractivity contribution >= 4 is 28.4 Å². The number of nitrogen functional groups attached to an aromatic ring is 1. The molecule has 1 heterocycles. The summed E-state index contributed by atoms with van der Waals surface area (Å²) in [7, 11) is 1.76. The van der Waals surface area contributed by atoms with Crippen molar-refractivity contribution < 1.29 is 4.74 Å². The molecule has 2 rings (SSSR count). The molecule has 4 nitrogen and oxygen atoms in total. The van der Waals surface area contributed by atoms with Gasteiger partial charge in [0.15, 0.2) is 5.82 Å². The molecule has 5 heteroatoms. The van der Waals surface area contributed by atoms with Gasteiger partial charge in [-0.05, 0) is 47.3 Å². The zero-order chi connectivity index (χ0) is 14.7. The number of halogens is 1. The topological polar surface area (TPSA) is 61.0 Å². The summed E-state index contributed by atoms with van der Waals surface area (Å²) in [5.41, 5.74) is 7.10. The maximum Gasteiger partial charge on any atom is 0.160 e. The van der Waals surface area contributed by atoms with Crippen molar-refractivity contribution in [2.75, 3.05) is 12.8 Å². The van der Waals surface area contributed by atoms with Crippen LogP contribution in [0.3, 0.4) is 0 Å². The molecule has 0 bridgehead atoms. The van der Waals surface area contributed by atoms with E-state index in [1.807, 2.05) is 0 Å². The van der Waals surface area contributed by atoms with E-state index in [1.54, 1.807) is 7.11 Å². The van der Waals surface area contributed by atoms with Gasteiger partial charge in [-0.25, -0.2) is 9.97 Å². The second kappa shape index (κ2) is 7.02. The van der Waals surface area contributed by atoms with Crippen LogP contribution in [0.15, 0.2) is 0 Å². The Balaban J connectivity index is 2.33. The molecular formula is C15H24IN3O. The normalized spacial score (nSPS) is 18.4. The number of ether oxygens (including phenoxy) is 1. The van der Waals surface area contributed by atoms with Gasteiger partial charge in [-0.2, -0.15) is 0 Å². The molecule has 20 heavy (non-hydrogen) atoms. The third-order valence-electron chi connectivity index (χ3n) is 4.05. The Morgan fingerprint density at radius 3 is 2.40 bits per heavy atom. The van der Waals surface area contributed by atoms with Gasteiger partial charge < -0.3 is 10.5 Å². The molecule has 0 aliphatic heterocycles. The highest BCUT2D eigenvalue weighted by atomic mass is 127. The van der Waals surface area contributed by atoms with E-state index in [0.29, 0.717) is 17.7 Å². The van der Waals surface area contributed by atoms with Gasteiger partial charge in [-0.15, -0.1) is 0 Å². The number of nitrogens with zero attached hydrogens (tertiary/aromatic N) is 2. The van der Waals surface area contributed by atoms with Crippen molar-refractivity contribution in [3.8, 4) is 0 Å². The quantitative estimate of drug-likeness (QED) is 0.790. The lowest BCUT2D eigenvalue weighted by atomic mass is 9.85. The van der Waals surface area contributed by atoms with Gasteiger partial charge in [-0.1, -0.05) is 33.1 Å². The number of methoxy groups -OCH3 is 1. The van der Waals surface area contributed by atoms with Crippen LogP contribution in [0.5, 0.6) is 0 Å². The summed E-state index contributed by atoms with van der Waals surface area (Å²) in [5.74, 6) is 2.21. The molecular weight excluding hydrogens is 365 g/mol. The molecule has 0 aromatic carbocycles. The molecule has 1 aliphatic rings. The molecule has 0 radical (unpaired) electrons. The van der Waals surface area contributed by atoms with Crippen LogP contribution in [0.2, 0.25) is 0 Å². The molecule has 0 saturated heterocycles. The van der Waals surface area contributed by atoms with Crippen molar-refractivity contribution in [2.45, 2.75) is 58.0 Å². The minimum Gasteiger partial charge on any atom is -0.383 e. The second-order valence-electron chi connectivity index (χ2n) is 5.88. The van der Waals surface area contributed by atoms with Crippen LogP contribution in [0.25, 0.3) is 0 Å². The van der Waals surface area contributed by atoms with Crippen LogP contribution in [0, 0.1) is 9.49 Å². The minimum absolute atomic E-state index is 0.0212. The molecule has 1 fully saturated rings. The molecule has 112 valence electrons. The molecule has 1 unspecified atom stereocenters. The molecule has 1 atom stereocenters. The van der Waals surface area contributed by atoms with Gasteiger partial charge in [0.25, 0.3) is 0 Å². The number of anilines is 1. The average Bonchev–Trinajstić information content (AvgIpc) is 2.44. The Labute approximate surface area is 135 Å². The van der Waals surface area contributed by atoms with Gasteiger partial charge in [0.2, 0.25) is 0 Å². The Morgan fingerprint density at radius 2 is 1.85 bits per heavy atom. The lowest BCUT2D eigenvalue weighted by molar-refractivity contribution is 0.0288. The lowest BCUT2D eigenvalue weighted by Crippen LogP contribution is -2.22. The summed E-state index contributed by atoms with van der Waals surface area (Å²) in [5, 5.41) is 0. The fraction of sp³-hybridized carbons (Fsp3) is 0.733. The van der Waals surface area contributed by atoms with Crippen molar-refractivity contribution in [2.24, 2.45) is 5.92 Å². The van der Waals surface area contributed by atoms with Gasteiger partial charge in [0, 0.05) is 7.11 Å². The SMILES string of the molecule is COC(c1nc(N)c(I)c(C(C)C)n1)C1CCCCC1. The third kappa shape index (κ3) is 3.42. The summed E-state index contributed by atoms with van der Waals surface area (Å²) in [4.78, 5) is 9.25. The predicted molar refractivity (Wildman–Crippen MR) is 89.6 cm³/mol. The standard InChI is InChI=1S/C15H24IN3O/c1-9(2)12-11(16)14(17)19-15(18-12)13(20-3)10-7-5-4-6-8-10/h9-10,13H,4-8H2,1-3H3,(H2,17,18,19). The molecule has 0 amide bonds. The first-order valence-electron chi connectivity index (χ1n) is 7.40. The zero-order valence-corrected chi connectivity index (χ0v) is 14.7. The van der Waals surface area contributed by atoms with E-state index in [2.05, 4.69) is 41.4 Å². The first kappa shape index (κ1) is 15.9. The Bertz CT molecular complexity index is 459. The largest absolute Gasteiger partial charge is 0.383 e. The van der Waals surface area contributed by atoms with E-state index in [4.69, 9.17) is 15.5 Å². The van der Waals surface area contributed by atoms with Crippen LogP contribution in [-0.2, 0) is 4.74 Å². The predicted octanol–water partition coefficient (Wildman–Crippen LogP) is 4.05. The summed E-state index contributed by atoms with van der Waals surface area (Å²) in [6.07, 6.45) is 6.27. The number of nitrogens with two attached hydrogens (primary N) is 1. The lowest BCUT2D eigenvalue weighted by Gasteiger charge is -2.28. The summed E-state index contributed by atoms with van der Waals surface area (Å²) in [6, 6.07) is 0. The summed E-state index contributed by atoms with van der Waals surface area (Å²) < 4.78 is 6.69. The van der Waals surface area contributed by atoms with Gasteiger partial charge in [0.05, 0.1) is 9.26 Å². The van der Waals surface area contributed by atoms with E-state index in [-0.39, 0.29) is 6.10 Å². The molecule has 1 aromatic rings. The van der Waals surface area contributed by atoms with E-state index in [0.717, 1.165) is 15.1 Å². The van der Waals surface area contributed by atoms with Crippen LogP contribution in [0.1, 0.15) is 69.5 Å². The highest BCUT2D eigenvalue weighted by Crippen LogP contribution is 2.36. The Kier molecular flexibility index (Phi) is 5.60. The fourth-order valence-corrected chi connectivity index (χ4v) is 3.82. The second-order valence-corrected chi connectivity index (χ2v) is 6.95. The monoisotopic (exact) mass is 389 g/mol. The number of hydrogen-bond donors (Lipinski definition) is 1. The van der Waals surface area contributed by atoms with Crippen LogP contribution < -0.4 is 5.73 Å². The van der Waals surface area contributed by atoms with Crippen molar-refractivity contribution in [1.82, 2.24) is 9.97 Å². The van der Waals surface area contributed by atoms with Crippen molar-refractivity contribution in [3.63, 3.8) is 0 Å². The van der Waals surface area contributed by atoms with Gasteiger partial charge in [-0.3, -0.25) is 0 Å². The highest BCUT2D eigenvalue weighted by Gasteiger charge is 2.28. The summed E-state index contributed by atoms with van der Waals surface area (Å²) >= 11 is 2.24. The fourth-order valence-electron chi connectivity index (χ4n) is 2.96. The molecule has 1 aromatic heterocycles. The number of hydrogen-bond acceptors (Lipinski definition) is 4. The zero-order valence-electron chi connectivity index (χ0n) is 12.5.